The van der Waals surface area contributed by atoms with Crippen molar-refractivity contribution >= 4 is 16.4 Å². The molecule has 2 bridgehead atoms. The molecule has 122 valence electrons. The molecule has 3 rings (SSSR count). The number of aromatic nitrogens is 2. The number of nitrogens with zero attached hydrogens (tertiary/aromatic N) is 4. The highest BCUT2D eigenvalue weighted by Gasteiger charge is 2.51. The van der Waals surface area contributed by atoms with E-state index in [-0.39, 0.29) is 13.1 Å². The number of hydrogen-bond donors (Lipinski definition) is 3. The van der Waals surface area contributed by atoms with Crippen LogP contribution >= 0.6 is 0 Å². The Kier molecular flexibility index (Phi) is 3.57. The van der Waals surface area contributed by atoms with Gasteiger partial charge in [0.15, 0.2) is 0 Å². The van der Waals surface area contributed by atoms with Crippen LogP contribution in [0, 0.1) is 0 Å². The van der Waals surface area contributed by atoms with Gasteiger partial charge in [-0.1, -0.05) is 0 Å². The lowest BCUT2D eigenvalue weighted by Crippen LogP contribution is -2.39. The highest BCUT2D eigenvalue weighted by atomic mass is 32.3. The van der Waals surface area contributed by atoms with Crippen LogP contribution in [-0.2, 0) is 21.2 Å². The highest BCUT2D eigenvalue weighted by molar-refractivity contribution is 7.80. The van der Waals surface area contributed by atoms with E-state index in [9.17, 15) is 13.2 Å². The summed E-state index contributed by atoms with van der Waals surface area (Å²) in [6.45, 7) is 1.15. The molecular weight excluding hydrogens is 316 g/mol. The number of fused-ring (bicyclic) bond motifs is 4. The smallest absolute Gasteiger partial charge is 0.329 e. The van der Waals surface area contributed by atoms with Gasteiger partial charge in [-0.25, -0.2) is 4.79 Å². The van der Waals surface area contributed by atoms with Crippen LogP contribution in [0.3, 0.4) is 0 Å². The monoisotopic (exact) mass is 332 g/mol. The topological polar surface area (TPSA) is 157 Å². The van der Waals surface area contributed by atoms with Crippen molar-refractivity contribution in [1.82, 2.24) is 19.7 Å². The first-order valence-corrected chi connectivity index (χ1v) is 7.96. The average Bonchev–Trinajstić information content (AvgIpc) is 2.96. The van der Waals surface area contributed by atoms with Crippen molar-refractivity contribution < 1.29 is 22.0 Å². The van der Waals surface area contributed by atoms with E-state index in [1.54, 1.807) is 4.68 Å². The van der Waals surface area contributed by atoms with Crippen molar-refractivity contribution in [2.45, 2.75) is 18.6 Å². The van der Waals surface area contributed by atoms with Gasteiger partial charge in [-0.05, 0) is 0 Å². The van der Waals surface area contributed by atoms with Gasteiger partial charge in [0.2, 0.25) is 0 Å². The Morgan fingerprint density at radius 2 is 2.18 bits per heavy atom. The number of rotatable bonds is 5. The number of amides is 2. The normalized spacial score (nSPS) is 24.0. The molecule has 5 N–H and O–H groups in total. The summed E-state index contributed by atoms with van der Waals surface area (Å²) in [5.41, 5.74) is 12.7. The van der Waals surface area contributed by atoms with E-state index in [1.165, 1.54) is 11.1 Å². The van der Waals surface area contributed by atoms with Crippen LogP contribution in [0.5, 0.6) is 0 Å². The molecule has 22 heavy (non-hydrogen) atoms. The van der Waals surface area contributed by atoms with E-state index < -0.39 is 28.5 Å². The fourth-order valence-electron chi connectivity index (χ4n) is 2.99. The molecule has 1 unspecified atom stereocenters. The molecule has 1 saturated heterocycles. The molecule has 0 radical (unpaired) electrons. The van der Waals surface area contributed by atoms with Crippen LogP contribution in [0.25, 0.3) is 0 Å². The van der Waals surface area contributed by atoms with Gasteiger partial charge in [0.1, 0.15) is 6.04 Å². The first kappa shape index (κ1) is 15.2. The second kappa shape index (κ2) is 5.17. The Hall–Kier alpha value is -1.73. The third kappa shape index (κ3) is 2.24. The lowest BCUT2D eigenvalue weighted by atomic mass is 9.98. The van der Waals surface area contributed by atoms with E-state index in [2.05, 4.69) is 9.38 Å². The highest BCUT2D eigenvalue weighted by Crippen LogP contribution is 2.43. The lowest BCUT2D eigenvalue weighted by Gasteiger charge is -2.30. The molecule has 2 atom stereocenters. The number of carbonyl (C=O) groups is 1. The summed E-state index contributed by atoms with van der Waals surface area (Å²) < 4.78 is 36.8. The van der Waals surface area contributed by atoms with Gasteiger partial charge in [0.25, 0.3) is 0 Å². The SMILES string of the molecule is NCCn1ncc2c1C(CN)N1C[C@H]2N(OS(=O)(=O)O)C1=O. The zero-order valence-electron chi connectivity index (χ0n) is 11.5. The zero-order chi connectivity index (χ0) is 16.1. The average molecular weight is 332 g/mol. The molecule has 0 spiro atoms. The summed E-state index contributed by atoms with van der Waals surface area (Å²) in [5.74, 6) is 0. The van der Waals surface area contributed by atoms with E-state index in [0.717, 1.165) is 0 Å². The minimum absolute atomic E-state index is 0.140. The molecule has 1 fully saturated rings. The molecule has 0 aliphatic carbocycles. The Balaban J connectivity index is 2.05. The van der Waals surface area contributed by atoms with Gasteiger partial charge in [0.05, 0.1) is 31.0 Å². The van der Waals surface area contributed by atoms with Crippen LogP contribution in [-0.4, -0.2) is 58.4 Å². The fourth-order valence-corrected chi connectivity index (χ4v) is 3.36. The van der Waals surface area contributed by atoms with Crippen LogP contribution in [0.15, 0.2) is 6.20 Å². The molecule has 2 aliphatic rings. The molecule has 0 aromatic carbocycles. The summed E-state index contributed by atoms with van der Waals surface area (Å²) in [6.07, 6.45) is 1.54. The minimum atomic E-state index is -4.81. The second-order valence-electron chi connectivity index (χ2n) is 5.03. The van der Waals surface area contributed by atoms with Crippen molar-refractivity contribution in [3.05, 3.63) is 17.5 Å². The third-order valence-corrected chi connectivity index (χ3v) is 4.14. The first-order chi connectivity index (χ1) is 10.4. The molecule has 2 aliphatic heterocycles. The number of hydroxylamine groups is 2. The van der Waals surface area contributed by atoms with Crippen LogP contribution < -0.4 is 11.5 Å². The van der Waals surface area contributed by atoms with Gasteiger partial charge in [-0.3, -0.25) is 9.23 Å². The standard InChI is InChI=1S/C10H16N6O5S/c11-1-2-15-9-6(4-13-15)8-5-14(7(9)3-12)10(17)16(8)21-22(18,19)20/h4,7-8H,1-3,5,11-12H2,(H,18,19,20)/t7?,8-/m1/s1. The molecule has 0 saturated carbocycles. The van der Waals surface area contributed by atoms with Gasteiger partial charge in [-0.15, -0.1) is 4.28 Å². The molecule has 3 heterocycles. The maximum atomic E-state index is 12.3. The van der Waals surface area contributed by atoms with Crippen molar-refractivity contribution in [1.29, 1.82) is 0 Å². The Labute approximate surface area is 126 Å². The summed E-state index contributed by atoms with van der Waals surface area (Å²) in [4.78, 5) is 13.7. The zero-order valence-corrected chi connectivity index (χ0v) is 12.3. The fraction of sp³-hybridized carbons (Fsp3) is 0.600. The number of urea groups is 1. The van der Waals surface area contributed by atoms with Gasteiger partial charge >= 0.3 is 16.4 Å². The molecule has 1 aromatic heterocycles. The lowest BCUT2D eigenvalue weighted by molar-refractivity contribution is -0.0317. The number of carbonyl (C=O) groups excluding carboxylic acids is 1. The van der Waals surface area contributed by atoms with Crippen molar-refractivity contribution in [2.24, 2.45) is 11.5 Å². The predicted molar refractivity (Wildman–Crippen MR) is 72.4 cm³/mol. The summed E-state index contributed by atoms with van der Waals surface area (Å²) >= 11 is 0. The molecule has 11 nitrogen and oxygen atoms in total. The molecule has 12 heteroatoms. The maximum Gasteiger partial charge on any atom is 0.418 e. The molecule has 1 aromatic rings. The van der Waals surface area contributed by atoms with E-state index in [4.69, 9.17) is 16.0 Å². The van der Waals surface area contributed by atoms with Crippen molar-refractivity contribution in [2.75, 3.05) is 19.6 Å². The largest absolute Gasteiger partial charge is 0.418 e. The van der Waals surface area contributed by atoms with E-state index in [0.29, 0.717) is 29.4 Å². The Bertz CT molecular complexity index is 703. The van der Waals surface area contributed by atoms with E-state index >= 15 is 0 Å². The predicted octanol–water partition coefficient (Wildman–Crippen LogP) is -1.63. The molecule has 2 amide bonds. The van der Waals surface area contributed by atoms with Gasteiger partial charge < -0.3 is 16.4 Å². The number of hydrogen-bond acceptors (Lipinski definition) is 7. The van der Waals surface area contributed by atoms with Gasteiger partial charge in [0, 0.05) is 18.7 Å². The van der Waals surface area contributed by atoms with E-state index in [1.807, 2.05) is 0 Å². The van der Waals surface area contributed by atoms with Crippen LogP contribution in [0.4, 0.5) is 4.79 Å². The molecular formula is C10H16N6O5S. The minimum Gasteiger partial charge on any atom is -0.329 e. The van der Waals surface area contributed by atoms with Crippen LogP contribution in [0.1, 0.15) is 23.3 Å². The first-order valence-electron chi connectivity index (χ1n) is 6.60. The van der Waals surface area contributed by atoms with Crippen molar-refractivity contribution in [3.63, 3.8) is 0 Å². The maximum absolute atomic E-state index is 12.3. The quantitative estimate of drug-likeness (QED) is 0.542. The third-order valence-electron chi connectivity index (χ3n) is 3.79. The summed E-state index contributed by atoms with van der Waals surface area (Å²) in [5, 5.41) is 4.85. The Morgan fingerprint density at radius 3 is 2.77 bits per heavy atom. The Morgan fingerprint density at radius 1 is 1.45 bits per heavy atom. The van der Waals surface area contributed by atoms with Crippen LogP contribution in [0.2, 0.25) is 0 Å². The number of nitrogens with two attached hydrogens (primary N) is 2. The summed E-state index contributed by atoms with van der Waals surface area (Å²) in [7, 11) is -4.81. The second-order valence-corrected chi connectivity index (χ2v) is 6.03. The summed E-state index contributed by atoms with van der Waals surface area (Å²) in [6, 6.07) is -1.81. The van der Waals surface area contributed by atoms with Crippen molar-refractivity contribution in [3.8, 4) is 0 Å². The van der Waals surface area contributed by atoms with Gasteiger partial charge in [-0.2, -0.15) is 18.6 Å².